The monoisotopic (exact) mass is 827 g/mol. The summed E-state index contributed by atoms with van der Waals surface area (Å²) in [6, 6.07) is 37.6. The first-order valence-electron chi connectivity index (χ1n) is 22.2. The summed E-state index contributed by atoms with van der Waals surface area (Å²) in [7, 11) is 0. The number of imidazole rings is 5. The van der Waals surface area contributed by atoms with E-state index in [2.05, 4.69) is 195 Å². The van der Waals surface area contributed by atoms with Crippen LogP contribution in [0.4, 0.5) is 0 Å². The predicted octanol–water partition coefficient (Wildman–Crippen LogP) is 13.3. The van der Waals surface area contributed by atoms with Gasteiger partial charge in [-0.2, -0.15) is 0 Å². The van der Waals surface area contributed by atoms with E-state index in [1.54, 1.807) is 0 Å². The minimum atomic E-state index is -0.0266. The number of aromatic nitrogens is 9. The van der Waals surface area contributed by atoms with Crippen LogP contribution in [0.25, 0.3) is 84.1 Å². The van der Waals surface area contributed by atoms with E-state index in [4.69, 9.17) is 19.9 Å². The molecule has 0 saturated heterocycles. The van der Waals surface area contributed by atoms with Gasteiger partial charge in [0.25, 0.3) is 0 Å². The van der Waals surface area contributed by atoms with Crippen LogP contribution in [0.3, 0.4) is 0 Å². The van der Waals surface area contributed by atoms with Crippen molar-refractivity contribution in [2.24, 2.45) is 0 Å². The maximum atomic E-state index is 5.37. The molecule has 0 radical (unpaired) electrons. The molecular formula is C54H53N9. The van der Waals surface area contributed by atoms with E-state index in [9.17, 15) is 0 Å². The lowest BCUT2D eigenvalue weighted by Gasteiger charge is -2.21. The molecule has 0 bridgehead atoms. The number of fused-ring (bicyclic) bond motifs is 10. The molecule has 0 spiro atoms. The Balaban J connectivity index is 1.17. The van der Waals surface area contributed by atoms with Gasteiger partial charge in [0.05, 0.1) is 67.4 Å². The fourth-order valence-electron chi connectivity index (χ4n) is 9.58. The molecule has 63 heavy (non-hydrogen) atoms. The van der Waals surface area contributed by atoms with Crippen LogP contribution in [-0.2, 0) is 10.8 Å². The summed E-state index contributed by atoms with van der Waals surface area (Å²) in [5, 5.41) is 0. The Morgan fingerprint density at radius 3 is 1.83 bits per heavy atom. The van der Waals surface area contributed by atoms with Crippen molar-refractivity contribution in [2.45, 2.75) is 91.9 Å². The molecule has 314 valence electrons. The number of rotatable bonds is 6. The summed E-state index contributed by atoms with van der Waals surface area (Å²) < 4.78 is 11.5. The molecule has 0 aliphatic carbocycles. The normalized spacial score (nSPS) is 12.9. The zero-order valence-corrected chi connectivity index (χ0v) is 37.8. The molecule has 11 aromatic rings. The second-order valence-corrected chi connectivity index (χ2v) is 19.9. The summed E-state index contributed by atoms with van der Waals surface area (Å²) in [5.74, 6) is 3.21. The average Bonchev–Trinajstić information content (AvgIpc) is 4.07. The fourth-order valence-corrected chi connectivity index (χ4v) is 9.58. The smallest absolute Gasteiger partial charge is 0.220 e. The van der Waals surface area contributed by atoms with Crippen molar-refractivity contribution in [3.8, 4) is 28.5 Å². The van der Waals surface area contributed by atoms with Gasteiger partial charge in [0.15, 0.2) is 0 Å². The highest BCUT2D eigenvalue weighted by molar-refractivity contribution is 5.96. The summed E-state index contributed by atoms with van der Waals surface area (Å²) in [6.45, 7) is 22.7. The Morgan fingerprint density at radius 1 is 0.508 bits per heavy atom. The molecule has 0 atom stereocenters. The van der Waals surface area contributed by atoms with Crippen molar-refractivity contribution in [3.63, 3.8) is 0 Å². The molecule has 5 aromatic carbocycles. The molecule has 0 saturated carbocycles. The second-order valence-electron chi connectivity index (χ2n) is 19.9. The van der Waals surface area contributed by atoms with E-state index < -0.39 is 0 Å². The number of hydrogen-bond donors (Lipinski definition) is 0. The molecule has 6 heterocycles. The van der Waals surface area contributed by atoms with Gasteiger partial charge in [0.2, 0.25) is 11.6 Å². The predicted molar refractivity (Wildman–Crippen MR) is 259 cm³/mol. The van der Waals surface area contributed by atoms with E-state index in [-0.39, 0.29) is 10.8 Å². The Labute approximate surface area is 367 Å². The standard InChI is InChI=1S/C54H53N9/c1-32(2)39-14-13-15-40(33(3)4)49(39)59-25-24-56-50(59)34-26-38(31-55-30-34)61-48-29-37(20-23-45(48)62-43-17-12-11-16-41(43)57-52(61)62)60-44-22-19-36(54(8,9)10)28-47(44)63-46-27-35(53(5,6)7)18-21-42(46)58-51(60)63/h11-33H,1-10H3. The maximum Gasteiger partial charge on any atom is 0.220 e. The van der Waals surface area contributed by atoms with Crippen LogP contribution in [-0.4, -0.2) is 42.4 Å². The zero-order chi connectivity index (χ0) is 43.7. The van der Waals surface area contributed by atoms with Gasteiger partial charge in [0, 0.05) is 24.2 Å². The minimum Gasteiger partial charge on any atom is -0.299 e. The molecule has 11 rings (SSSR count). The number of benzene rings is 5. The molecule has 0 aliphatic heterocycles. The molecule has 0 unspecified atom stereocenters. The first kappa shape index (κ1) is 38.9. The van der Waals surface area contributed by atoms with Gasteiger partial charge in [-0.3, -0.25) is 27.5 Å². The van der Waals surface area contributed by atoms with Gasteiger partial charge in [-0.25, -0.2) is 15.0 Å². The van der Waals surface area contributed by atoms with Crippen molar-refractivity contribution in [1.29, 1.82) is 0 Å². The molecule has 6 aromatic heterocycles. The Hall–Kier alpha value is -7.00. The van der Waals surface area contributed by atoms with E-state index in [1.165, 1.54) is 27.9 Å². The molecule has 0 amide bonds. The van der Waals surface area contributed by atoms with Crippen LogP contribution in [0.15, 0.2) is 128 Å². The molecule has 0 fully saturated rings. The van der Waals surface area contributed by atoms with Crippen LogP contribution in [0, 0.1) is 0 Å². The van der Waals surface area contributed by atoms with Gasteiger partial charge >= 0.3 is 0 Å². The lowest BCUT2D eigenvalue weighted by molar-refractivity contribution is 0.591. The van der Waals surface area contributed by atoms with E-state index >= 15 is 0 Å². The van der Waals surface area contributed by atoms with Crippen LogP contribution in [0.1, 0.15) is 103 Å². The van der Waals surface area contributed by atoms with Crippen LogP contribution >= 0.6 is 0 Å². The lowest BCUT2D eigenvalue weighted by atomic mass is 9.86. The van der Waals surface area contributed by atoms with Crippen molar-refractivity contribution in [2.75, 3.05) is 0 Å². The van der Waals surface area contributed by atoms with Gasteiger partial charge < -0.3 is 0 Å². The summed E-state index contributed by atoms with van der Waals surface area (Å²) in [4.78, 5) is 20.6. The molecular weight excluding hydrogens is 775 g/mol. The van der Waals surface area contributed by atoms with Crippen molar-refractivity contribution in [3.05, 3.63) is 150 Å². The fraction of sp³-hybridized carbons (Fsp3) is 0.259. The van der Waals surface area contributed by atoms with Gasteiger partial charge in [-0.15, -0.1) is 0 Å². The number of nitrogens with zero attached hydrogens (tertiary/aromatic N) is 9. The SMILES string of the molecule is CC(C)c1cccc(C(C)C)c1-n1ccnc1-c1cncc(-n2c3cc(-n4c5ccc(C(C)(C)C)cc5n5c6cc(C(C)(C)C)ccc6nc45)ccc3n3c4ccccc4nc23)c1. The van der Waals surface area contributed by atoms with Crippen LogP contribution < -0.4 is 0 Å². The Kier molecular flexibility index (Phi) is 8.49. The number of pyridine rings is 1. The Bertz CT molecular complexity index is 3580. The highest BCUT2D eigenvalue weighted by Crippen LogP contribution is 2.38. The first-order valence-corrected chi connectivity index (χ1v) is 22.2. The summed E-state index contributed by atoms with van der Waals surface area (Å²) in [5.41, 5.74) is 17.5. The van der Waals surface area contributed by atoms with Gasteiger partial charge in [-0.05, 0) is 106 Å². The van der Waals surface area contributed by atoms with Crippen molar-refractivity contribution in [1.82, 2.24) is 42.4 Å². The van der Waals surface area contributed by atoms with Gasteiger partial charge in [0.1, 0.15) is 5.82 Å². The number of para-hydroxylation sites is 3. The average molecular weight is 828 g/mol. The third-order valence-electron chi connectivity index (χ3n) is 12.9. The van der Waals surface area contributed by atoms with E-state index in [0.717, 1.165) is 78.5 Å². The highest BCUT2D eigenvalue weighted by atomic mass is 15.2. The van der Waals surface area contributed by atoms with Crippen LogP contribution in [0.2, 0.25) is 0 Å². The minimum absolute atomic E-state index is 0.00756. The summed E-state index contributed by atoms with van der Waals surface area (Å²) >= 11 is 0. The topological polar surface area (TPSA) is 75.2 Å². The lowest BCUT2D eigenvalue weighted by Crippen LogP contribution is -2.11. The van der Waals surface area contributed by atoms with Crippen molar-refractivity contribution < 1.29 is 0 Å². The molecule has 9 heteroatoms. The third-order valence-corrected chi connectivity index (χ3v) is 12.9. The largest absolute Gasteiger partial charge is 0.299 e. The molecule has 0 N–H and O–H groups in total. The first-order chi connectivity index (χ1) is 30.2. The number of hydrogen-bond acceptors (Lipinski definition) is 4. The molecule has 9 nitrogen and oxygen atoms in total. The molecule has 0 aliphatic rings. The zero-order valence-electron chi connectivity index (χ0n) is 37.8. The maximum absolute atomic E-state index is 5.37. The van der Waals surface area contributed by atoms with Crippen molar-refractivity contribution >= 4 is 55.7 Å². The quantitative estimate of drug-likeness (QED) is 0.167. The summed E-state index contributed by atoms with van der Waals surface area (Å²) in [6.07, 6.45) is 7.85. The van der Waals surface area contributed by atoms with E-state index in [0.29, 0.717) is 11.8 Å². The highest BCUT2D eigenvalue weighted by Gasteiger charge is 2.25. The third kappa shape index (κ3) is 5.96. The van der Waals surface area contributed by atoms with E-state index in [1.807, 2.05) is 24.7 Å². The Morgan fingerprint density at radius 2 is 1.13 bits per heavy atom. The van der Waals surface area contributed by atoms with Gasteiger partial charge in [-0.1, -0.05) is 112 Å². The van der Waals surface area contributed by atoms with Crippen LogP contribution in [0.5, 0.6) is 0 Å². The second kappa shape index (κ2) is 13.8.